The minimum Gasteiger partial charge on any atom is -0.458 e. The third-order valence-electron chi connectivity index (χ3n) is 4.00. The number of ether oxygens (including phenoxy) is 1. The molecule has 0 heterocycles. The number of nitrogens with zero attached hydrogens (tertiary/aromatic N) is 1. The lowest BCUT2D eigenvalue weighted by atomic mass is 9.90. The van der Waals surface area contributed by atoms with Crippen molar-refractivity contribution in [3.05, 3.63) is 70.2 Å². The molecular formula is C22H25BrClNO2. The summed E-state index contributed by atoms with van der Waals surface area (Å²) in [5, 5.41) is 1.38. The summed E-state index contributed by atoms with van der Waals surface area (Å²) in [6.07, 6.45) is 2.16. The van der Waals surface area contributed by atoms with E-state index in [1.54, 1.807) is 18.3 Å². The Labute approximate surface area is 174 Å². The molecule has 0 saturated carbocycles. The lowest BCUT2D eigenvalue weighted by Crippen LogP contribution is -2.41. The Morgan fingerprint density at radius 2 is 1.67 bits per heavy atom. The summed E-state index contributed by atoms with van der Waals surface area (Å²) in [6.45, 7) is 7.40. The highest BCUT2D eigenvalue weighted by Crippen LogP contribution is 2.26. The zero-order valence-electron chi connectivity index (χ0n) is 16.1. The van der Waals surface area contributed by atoms with Crippen LogP contribution in [-0.2, 0) is 21.3 Å². The third kappa shape index (κ3) is 6.47. The van der Waals surface area contributed by atoms with Gasteiger partial charge in [-0.3, -0.25) is 4.99 Å². The second-order valence-corrected chi connectivity index (χ2v) is 8.66. The van der Waals surface area contributed by atoms with Crippen LogP contribution < -0.4 is 0 Å². The SMILES string of the molecule is CC(C)(C)OC(=O)[C@@](C)(Cc1ccccc1CBr)N=Cc1ccc(Cl)cc1. The van der Waals surface area contributed by atoms with Gasteiger partial charge in [0, 0.05) is 23.0 Å². The van der Waals surface area contributed by atoms with E-state index in [9.17, 15) is 4.79 Å². The number of aliphatic imine (C=N–C) groups is 1. The van der Waals surface area contributed by atoms with Crippen molar-refractivity contribution >= 4 is 39.7 Å². The Kier molecular flexibility index (Phi) is 7.24. The molecule has 144 valence electrons. The lowest BCUT2D eigenvalue weighted by Gasteiger charge is -2.29. The standard InChI is InChI=1S/C22H25BrClNO2/c1-21(2,3)27-20(26)22(4,13-17-7-5-6-8-18(17)14-23)25-15-16-9-11-19(24)12-10-16/h5-12,15H,13-14H2,1-4H3/t22-/m1/s1. The average Bonchev–Trinajstić information content (AvgIpc) is 2.60. The Bertz CT molecular complexity index is 812. The fraction of sp³-hybridized carbons (Fsp3) is 0.364. The number of carbonyl (C=O) groups excluding carboxylic acids is 1. The van der Waals surface area contributed by atoms with Crippen LogP contribution in [0.3, 0.4) is 0 Å². The largest absolute Gasteiger partial charge is 0.458 e. The molecule has 0 aromatic heterocycles. The monoisotopic (exact) mass is 449 g/mol. The number of alkyl halides is 1. The summed E-state index contributed by atoms with van der Waals surface area (Å²) in [5.74, 6) is -0.343. The summed E-state index contributed by atoms with van der Waals surface area (Å²) >= 11 is 9.46. The van der Waals surface area contributed by atoms with Crippen molar-refractivity contribution in [1.29, 1.82) is 0 Å². The molecule has 2 rings (SSSR count). The van der Waals surface area contributed by atoms with E-state index in [1.807, 2.05) is 64.1 Å². The maximum atomic E-state index is 13.0. The fourth-order valence-electron chi connectivity index (χ4n) is 2.56. The Morgan fingerprint density at radius 3 is 2.22 bits per heavy atom. The second kappa shape index (κ2) is 9.03. The van der Waals surface area contributed by atoms with E-state index in [-0.39, 0.29) is 5.97 Å². The number of halogens is 2. The molecule has 0 saturated heterocycles. The minimum absolute atomic E-state index is 0.343. The van der Waals surface area contributed by atoms with Gasteiger partial charge in [0.25, 0.3) is 0 Å². The molecular weight excluding hydrogens is 426 g/mol. The molecule has 0 radical (unpaired) electrons. The van der Waals surface area contributed by atoms with Gasteiger partial charge in [-0.2, -0.15) is 0 Å². The maximum absolute atomic E-state index is 13.0. The zero-order chi connectivity index (χ0) is 20.1. The Morgan fingerprint density at radius 1 is 1.07 bits per heavy atom. The molecule has 3 nitrogen and oxygen atoms in total. The zero-order valence-corrected chi connectivity index (χ0v) is 18.5. The van der Waals surface area contributed by atoms with Gasteiger partial charge in [0.15, 0.2) is 5.54 Å². The number of hydrogen-bond donors (Lipinski definition) is 0. The summed E-state index contributed by atoms with van der Waals surface area (Å²) in [5.41, 5.74) is 1.46. The lowest BCUT2D eigenvalue weighted by molar-refractivity contribution is -0.160. The molecule has 0 aliphatic heterocycles. The van der Waals surface area contributed by atoms with Crippen LogP contribution in [0.15, 0.2) is 53.5 Å². The predicted molar refractivity (Wildman–Crippen MR) is 116 cm³/mol. The summed E-state index contributed by atoms with van der Waals surface area (Å²) in [4.78, 5) is 17.6. The molecule has 0 amide bonds. The first-order valence-electron chi connectivity index (χ1n) is 8.80. The van der Waals surface area contributed by atoms with Crippen LogP contribution in [0.1, 0.15) is 44.4 Å². The van der Waals surface area contributed by atoms with E-state index < -0.39 is 11.1 Å². The molecule has 2 aromatic carbocycles. The van der Waals surface area contributed by atoms with Crippen molar-refractivity contribution in [2.24, 2.45) is 4.99 Å². The van der Waals surface area contributed by atoms with Crippen LogP contribution in [0, 0.1) is 0 Å². The molecule has 0 fully saturated rings. The number of benzene rings is 2. The van der Waals surface area contributed by atoms with Gasteiger partial charge in [-0.25, -0.2) is 4.79 Å². The molecule has 0 aliphatic rings. The van der Waals surface area contributed by atoms with Crippen molar-refractivity contribution in [3.63, 3.8) is 0 Å². The average molecular weight is 451 g/mol. The summed E-state index contributed by atoms with van der Waals surface area (Å²) < 4.78 is 5.67. The van der Waals surface area contributed by atoms with Crippen molar-refractivity contribution in [2.45, 2.75) is 50.6 Å². The number of rotatable bonds is 6. The minimum atomic E-state index is -1.04. The molecule has 0 N–H and O–H groups in total. The number of esters is 1. The molecule has 0 bridgehead atoms. The van der Waals surface area contributed by atoms with E-state index in [1.165, 1.54) is 0 Å². The van der Waals surface area contributed by atoms with Crippen LogP contribution in [0.5, 0.6) is 0 Å². The molecule has 1 atom stereocenters. The maximum Gasteiger partial charge on any atom is 0.334 e. The quantitative estimate of drug-likeness (QED) is 0.308. The number of carbonyl (C=O) groups is 1. The van der Waals surface area contributed by atoms with Gasteiger partial charge in [0.1, 0.15) is 5.60 Å². The molecule has 0 spiro atoms. The smallest absolute Gasteiger partial charge is 0.334 e. The van der Waals surface area contributed by atoms with Gasteiger partial charge in [-0.15, -0.1) is 0 Å². The van der Waals surface area contributed by atoms with Crippen LogP contribution >= 0.6 is 27.5 Å². The molecule has 27 heavy (non-hydrogen) atoms. The highest BCUT2D eigenvalue weighted by atomic mass is 79.9. The Hall–Kier alpha value is -1.65. The van der Waals surface area contributed by atoms with Crippen molar-refractivity contribution < 1.29 is 9.53 Å². The van der Waals surface area contributed by atoms with Crippen LogP contribution in [0.25, 0.3) is 0 Å². The van der Waals surface area contributed by atoms with Gasteiger partial charge in [0.05, 0.1) is 0 Å². The first kappa shape index (κ1) is 21.6. The second-order valence-electron chi connectivity index (χ2n) is 7.66. The van der Waals surface area contributed by atoms with E-state index in [4.69, 9.17) is 16.3 Å². The van der Waals surface area contributed by atoms with Crippen LogP contribution in [0.4, 0.5) is 0 Å². The van der Waals surface area contributed by atoms with Crippen LogP contribution in [-0.4, -0.2) is 23.3 Å². The summed E-state index contributed by atoms with van der Waals surface area (Å²) in [7, 11) is 0. The Balaban J connectivity index is 2.38. The van der Waals surface area contributed by atoms with Gasteiger partial charge in [-0.05, 0) is 56.5 Å². The first-order valence-corrected chi connectivity index (χ1v) is 10.3. The highest BCUT2D eigenvalue weighted by Gasteiger charge is 2.37. The topological polar surface area (TPSA) is 38.7 Å². The number of hydrogen-bond acceptors (Lipinski definition) is 3. The van der Waals surface area contributed by atoms with E-state index in [2.05, 4.69) is 20.9 Å². The van der Waals surface area contributed by atoms with Crippen LogP contribution in [0.2, 0.25) is 5.02 Å². The molecule has 0 aliphatic carbocycles. The molecule has 0 unspecified atom stereocenters. The van der Waals surface area contributed by atoms with Crippen molar-refractivity contribution in [3.8, 4) is 0 Å². The van der Waals surface area contributed by atoms with Crippen molar-refractivity contribution in [1.82, 2.24) is 0 Å². The molecule has 5 heteroatoms. The van der Waals surface area contributed by atoms with Gasteiger partial charge in [-0.1, -0.05) is 63.9 Å². The van der Waals surface area contributed by atoms with Gasteiger partial charge in [0.2, 0.25) is 0 Å². The fourth-order valence-corrected chi connectivity index (χ4v) is 3.23. The normalized spacial score (nSPS) is 14.1. The van der Waals surface area contributed by atoms with E-state index >= 15 is 0 Å². The third-order valence-corrected chi connectivity index (χ3v) is 4.86. The van der Waals surface area contributed by atoms with E-state index in [0.717, 1.165) is 16.7 Å². The summed E-state index contributed by atoms with van der Waals surface area (Å²) in [6, 6.07) is 15.4. The predicted octanol–water partition coefficient (Wildman–Crippen LogP) is 6.00. The van der Waals surface area contributed by atoms with Crippen molar-refractivity contribution in [2.75, 3.05) is 0 Å². The molecule has 2 aromatic rings. The van der Waals surface area contributed by atoms with E-state index in [0.29, 0.717) is 16.8 Å². The first-order chi connectivity index (χ1) is 12.6. The highest BCUT2D eigenvalue weighted by molar-refractivity contribution is 9.08. The van der Waals surface area contributed by atoms with Gasteiger partial charge >= 0.3 is 5.97 Å². The van der Waals surface area contributed by atoms with Gasteiger partial charge < -0.3 is 4.74 Å².